The number of ether oxygens (including phenoxy) is 1. The first-order valence-electron chi connectivity index (χ1n) is 5.70. The van der Waals surface area contributed by atoms with E-state index >= 15 is 0 Å². The van der Waals surface area contributed by atoms with Crippen LogP contribution < -0.4 is 10.1 Å². The van der Waals surface area contributed by atoms with Crippen molar-refractivity contribution in [3.63, 3.8) is 0 Å². The number of hydrogen-bond acceptors (Lipinski definition) is 5. The van der Waals surface area contributed by atoms with Crippen molar-refractivity contribution in [3.05, 3.63) is 45.9 Å². The summed E-state index contributed by atoms with van der Waals surface area (Å²) in [5, 5.41) is 13.4. The van der Waals surface area contributed by atoms with Gasteiger partial charge in [0.1, 0.15) is 10.8 Å². The Balaban J connectivity index is 1.95. The van der Waals surface area contributed by atoms with E-state index in [1.165, 1.54) is 16.7 Å². The van der Waals surface area contributed by atoms with E-state index in [1.807, 2.05) is 0 Å². The van der Waals surface area contributed by atoms with Crippen molar-refractivity contribution in [2.45, 2.75) is 6.54 Å². The lowest BCUT2D eigenvalue weighted by Crippen LogP contribution is -2.22. The quantitative estimate of drug-likeness (QED) is 0.877. The molecule has 0 spiro atoms. The molecule has 0 fully saturated rings. The predicted molar refractivity (Wildman–Crippen MR) is 73.2 cm³/mol. The fourth-order valence-electron chi connectivity index (χ4n) is 1.49. The first kappa shape index (κ1) is 14.0. The van der Waals surface area contributed by atoms with Crippen LogP contribution in [0.25, 0.3) is 0 Å². The molecule has 1 aromatic heterocycles. The van der Waals surface area contributed by atoms with Crippen molar-refractivity contribution < 1.29 is 19.4 Å². The van der Waals surface area contributed by atoms with Crippen molar-refractivity contribution in [3.8, 4) is 5.75 Å². The molecule has 0 aliphatic carbocycles. The standard InChI is InChI=1S/C13H12N2O4S/c1-19-9-4-2-8(3-5-9)12(16)14-6-11-15-10(7-20-11)13(17)18/h2-5,7H,6H2,1H3,(H,14,16)(H,17,18). The number of carboxylic acid groups (broad SMARTS) is 1. The van der Waals surface area contributed by atoms with Crippen LogP contribution in [0.2, 0.25) is 0 Å². The fourth-order valence-corrected chi connectivity index (χ4v) is 2.20. The normalized spacial score (nSPS) is 10.1. The van der Waals surface area contributed by atoms with E-state index in [0.29, 0.717) is 16.3 Å². The number of aromatic nitrogens is 1. The van der Waals surface area contributed by atoms with Crippen molar-refractivity contribution in [2.75, 3.05) is 7.11 Å². The van der Waals surface area contributed by atoms with E-state index in [0.717, 1.165) is 0 Å². The topological polar surface area (TPSA) is 88.5 Å². The third-order valence-electron chi connectivity index (χ3n) is 2.52. The molecule has 1 aromatic carbocycles. The van der Waals surface area contributed by atoms with Crippen molar-refractivity contribution in [2.24, 2.45) is 0 Å². The summed E-state index contributed by atoms with van der Waals surface area (Å²) in [6, 6.07) is 6.69. The van der Waals surface area contributed by atoms with Crippen LogP contribution in [0.4, 0.5) is 0 Å². The molecule has 1 amide bonds. The lowest BCUT2D eigenvalue weighted by Gasteiger charge is -2.04. The number of benzene rings is 1. The molecule has 1 heterocycles. The molecule has 0 bridgehead atoms. The molecule has 2 aromatic rings. The molecule has 2 rings (SSSR count). The fraction of sp³-hybridized carbons (Fsp3) is 0.154. The van der Waals surface area contributed by atoms with Gasteiger partial charge in [0.2, 0.25) is 0 Å². The summed E-state index contributed by atoms with van der Waals surface area (Å²) in [5.74, 6) is -0.652. The van der Waals surface area contributed by atoms with E-state index < -0.39 is 5.97 Å². The third-order valence-corrected chi connectivity index (χ3v) is 3.37. The Hall–Kier alpha value is -2.41. The number of carbonyl (C=O) groups is 2. The van der Waals surface area contributed by atoms with Gasteiger partial charge in [-0.05, 0) is 24.3 Å². The van der Waals surface area contributed by atoms with Crippen molar-refractivity contribution >= 4 is 23.2 Å². The molecule has 2 N–H and O–H groups in total. The Morgan fingerprint density at radius 2 is 2.05 bits per heavy atom. The molecule has 0 atom stereocenters. The SMILES string of the molecule is COc1ccc(C(=O)NCc2nc(C(=O)O)cs2)cc1. The van der Waals surface area contributed by atoms with E-state index in [-0.39, 0.29) is 18.1 Å². The summed E-state index contributed by atoms with van der Waals surface area (Å²) in [4.78, 5) is 26.4. The summed E-state index contributed by atoms with van der Waals surface area (Å²) in [6.45, 7) is 0.197. The zero-order valence-corrected chi connectivity index (χ0v) is 11.4. The minimum atomic E-state index is -1.08. The summed E-state index contributed by atoms with van der Waals surface area (Å²) < 4.78 is 5.01. The van der Waals surface area contributed by atoms with Gasteiger partial charge < -0.3 is 15.2 Å². The first-order chi connectivity index (χ1) is 9.60. The number of amides is 1. The van der Waals surface area contributed by atoms with Crippen LogP contribution >= 0.6 is 11.3 Å². The van der Waals surface area contributed by atoms with Crippen molar-refractivity contribution in [1.29, 1.82) is 0 Å². The number of nitrogens with zero attached hydrogens (tertiary/aromatic N) is 1. The van der Waals surface area contributed by atoms with E-state index in [2.05, 4.69) is 10.3 Å². The van der Waals surface area contributed by atoms with Crippen molar-refractivity contribution in [1.82, 2.24) is 10.3 Å². The number of carbonyl (C=O) groups excluding carboxylic acids is 1. The zero-order chi connectivity index (χ0) is 14.5. The zero-order valence-electron chi connectivity index (χ0n) is 10.6. The number of carboxylic acids is 1. The van der Waals surface area contributed by atoms with Crippen LogP contribution in [-0.2, 0) is 6.54 Å². The first-order valence-corrected chi connectivity index (χ1v) is 6.58. The molecule has 104 valence electrons. The number of rotatable bonds is 5. The average Bonchev–Trinajstić information content (AvgIpc) is 2.94. The monoisotopic (exact) mass is 292 g/mol. The Labute approximate surface area is 119 Å². The molecule has 0 aliphatic rings. The second kappa shape index (κ2) is 6.16. The highest BCUT2D eigenvalue weighted by Crippen LogP contribution is 2.12. The number of aromatic carboxylic acids is 1. The number of hydrogen-bond donors (Lipinski definition) is 2. The third kappa shape index (κ3) is 3.33. The maximum absolute atomic E-state index is 11.9. The molecule has 7 heteroatoms. The molecule has 20 heavy (non-hydrogen) atoms. The highest BCUT2D eigenvalue weighted by molar-refractivity contribution is 7.09. The summed E-state index contributed by atoms with van der Waals surface area (Å²) in [5.41, 5.74) is 0.490. The summed E-state index contributed by atoms with van der Waals surface area (Å²) in [6.07, 6.45) is 0. The molecule has 0 radical (unpaired) electrons. The van der Waals surface area contributed by atoms with E-state index in [1.54, 1.807) is 31.4 Å². The molecule has 0 saturated carbocycles. The maximum Gasteiger partial charge on any atom is 0.355 e. The smallest absolute Gasteiger partial charge is 0.355 e. The number of thiazole rings is 1. The Morgan fingerprint density at radius 3 is 2.60 bits per heavy atom. The van der Waals surface area contributed by atoms with E-state index in [4.69, 9.17) is 9.84 Å². The van der Waals surface area contributed by atoms with Crippen LogP contribution in [0.5, 0.6) is 5.75 Å². The minimum Gasteiger partial charge on any atom is -0.497 e. The predicted octanol–water partition coefficient (Wildman–Crippen LogP) is 1.78. The summed E-state index contributed by atoms with van der Waals surface area (Å²) >= 11 is 1.19. The highest BCUT2D eigenvalue weighted by atomic mass is 32.1. The van der Waals surface area contributed by atoms with Crippen LogP contribution in [0, 0.1) is 0 Å². The number of methoxy groups -OCH3 is 1. The Bertz CT molecular complexity index is 622. The van der Waals surface area contributed by atoms with Crippen LogP contribution in [0.1, 0.15) is 25.9 Å². The van der Waals surface area contributed by atoms with Gasteiger partial charge in [0.05, 0.1) is 13.7 Å². The van der Waals surface area contributed by atoms with E-state index in [9.17, 15) is 9.59 Å². The molecule has 0 saturated heterocycles. The van der Waals surface area contributed by atoms with Gasteiger partial charge >= 0.3 is 5.97 Å². The highest BCUT2D eigenvalue weighted by Gasteiger charge is 2.10. The number of nitrogens with one attached hydrogen (secondary N) is 1. The molecule has 6 nitrogen and oxygen atoms in total. The average molecular weight is 292 g/mol. The minimum absolute atomic E-state index is 0.0105. The second-order valence-electron chi connectivity index (χ2n) is 3.84. The lowest BCUT2D eigenvalue weighted by molar-refractivity contribution is 0.0691. The van der Waals surface area contributed by atoms with Gasteiger partial charge in [-0.1, -0.05) is 0 Å². The van der Waals surface area contributed by atoms with Gasteiger partial charge in [-0.15, -0.1) is 11.3 Å². The summed E-state index contributed by atoms with van der Waals surface area (Å²) in [7, 11) is 1.55. The Kier molecular flexibility index (Phi) is 4.31. The lowest BCUT2D eigenvalue weighted by atomic mass is 10.2. The van der Waals surface area contributed by atoms with Gasteiger partial charge in [0, 0.05) is 10.9 Å². The maximum atomic E-state index is 11.9. The van der Waals surface area contributed by atoms with Gasteiger partial charge in [-0.2, -0.15) is 0 Å². The van der Waals surface area contributed by atoms with Crippen LogP contribution in [0.3, 0.4) is 0 Å². The van der Waals surface area contributed by atoms with Crippen LogP contribution in [-0.4, -0.2) is 29.1 Å². The van der Waals surface area contributed by atoms with Gasteiger partial charge in [0.25, 0.3) is 5.91 Å². The van der Waals surface area contributed by atoms with Gasteiger partial charge in [-0.3, -0.25) is 4.79 Å². The molecular formula is C13H12N2O4S. The molecule has 0 aliphatic heterocycles. The Morgan fingerprint density at radius 1 is 1.35 bits per heavy atom. The van der Waals surface area contributed by atoms with Gasteiger partial charge in [0.15, 0.2) is 5.69 Å². The largest absolute Gasteiger partial charge is 0.497 e. The molecule has 0 unspecified atom stereocenters. The molecular weight excluding hydrogens is 280 g/mol. The van der Waals surface area contributed by atoms with Gasteiger partial charge in [-0.25, -0.2) is 9.78 Å². The van der Waals surface area contributed by atoms with Crippen LogP contribution in [0.15, 0.2) is 29.6 Å². The second-order valence-corrected chi connectivity index (χ2v) is 4.79.